The minimum absolute atomic E-state index is 0.145. The summed E-state index contributed by atoms with van der Waals surface area (Å²) in [6.07, 6.45) is 2.22. The second-order valence-electron chi connectivity index (χ2n) is 6.56. The number of nitriles is 1. The van der Waals surface area contributed by atoms with Gasteiger partial charge in [-0.25, -0.2) is 0 Å². The Labute approximate surface area is 176 Å². The van der Waals surface area contributed by atoms with Gasteiger partial charge in [0, 0.05) is 12.3 Å². The average molecular weight is 426 g/mol. The molecule has 3 aromatic rings. The van der Waals surface area contributed by atoms with E-state index in [1.807, 2.05) is 17.5 Å². The minimum Gasteiger partial charge on any atom is -0.376 e. The lowest BCUT2D eigenvalue weighted by Crippen LogP contribution is -2.18. The minimum atomic E-state index is -0.158. The van der Waals surface area contributed by atoms with Crippen molar-refractivity contribution in [2.45, 2.75) is 30.6 Å². The fraction of sp³-hybridized carbons (Fsp3) is 0.300. The summed E-state index contributed by atoms with van der Waals surface area (Å²) in [5.41, 5.74) is 1.11. The largest absolute Gasteiger partial charge is 0.376 e. The van der Waals surface area contributed by atoms with Crippen molar-refractivity contribution < 1.29 is 9.53 Å². The molecule has 3 heterocycles. The van der Waals surface area contributed by atoms with Crippen LogP contribution in [-0.4, -0.2) is 39.1 Å². The highest BCUT2D eigenvalue weighted by atomic mass is 32.2. The summed E-state index contributed by atoms with van der Waals surface area (Å²) in [6.45, 7) is 1.46. The van der Waals surface area contributed by atoms with Gasteiger partial charge in [0.05, 0.1) is 34.9 Å². The van der Waals surface area contributed by atoms with Gasteiger partial charge < -0.3 is 10.1 Å². The maximum atomic E-state index is 12.4. The van der Waals surface area contributed by atoms with Crippen LogP contribution in [0.15, 0.2) is 46.9 Å². The van der Waals surface area contributed by atoms with Gasteiger partial charge in [-0.3, -0.25) is 9.36 Å². The van der Waals surface area contributed by atoms with E-state index in [4.69, 9.17) is 10.00 Å². The molecule has 7 nitrogen and oxygen atoms in total. The predicted molar refractivity (Wildman–Crippen MR) is 113 cm³/mol. The summed E-state index contributed by atoms with van der Waals surface area (Å²) in [4.78, 5) is 13.4. The SMILES string of the molecule is N#Cc1cccc(NC(=O)CSc2nnc(-c3cccs3)n2C[C@H]2CCCO2)c1. The number of thiophene rings is 1. The summed E-state index contributed by atoms with van der Waals surface area (Å²) in [7, 11) is 0. The second kappa shape index (κ2) is 9.22. The van der Waals surface area contributed by atoms with Crippen LogP contribution in [0.2, 0.25) is 0 Å². The van der Waals surface area contributed by atoms with E-state index in [-0.39, 0.29) is 17.8 Å². The second-order valence-corrected chi connectivity index (χ2v) is 8.45. The van der Waals surface area contributed by atoms with Gasteiger partial charge in [0.1, 0.15) is 0 Å². The molecule has 29 heavy (non-hydrogen) atoms. The van der Waals surface area contributed by atoms with Crippen LogP contribution >= 0.6 is 23.1 Å². The molecule has 2 aromatic heterocycles. The Bertz CT molecular complexity index is 1020. The van der Waals surface area contributed by atoms with Crippen LogP contribution < -0.4 is 5.32 Å². The number of hydrogen-bond acceptors (Lipinski definition) is 7. The Morgan fingerprint density at radius 2 is 2.31 bits per heavy atom. The fourth-order valence-electron chi connectivity index (χ4n) is 3.13. The highest BCUT2D eigenvalue weighted by molar-refractivity contribution is 7.99. The number of nitrogens with one attached hydrogen (secondary N) is 1. The molecule has 0 aliphatic carbocycles. The van der Waals surface area contributed by atoms with E-state index in [2.05, 4.69) is 26.2 Å². The lowest BCUT2D eigenvalue weighted by atomic mass is 10.2. The zero-order chi connectivity index (χ0) is 20.1. The molecule has 0 radical (unpaired) electrons. The van der Waals surface area contributed by atoms with E-state index in [1.54, 1.807) is 35.6 Å². The van der Waals surface area contributed by atoms with Crippen molar-refractivity contribution in [2.24, 2.45) is 0 Å². The molecule has 1 N–H and O–H groups in total. The summed E-state index contributed by atoms with van der Waals surface area (Å²) < 4.78 is 7.84. The number of hydrogen-bond donors (Lipinski definition) is 1. The molecular weight excluding hydrogens is 406 g/mol. The van der Waals surface area contributed by atoms with Gasteiger partial charge in [0.15, 0.2) is 11.0 Å². The van der Waals surface area contributed by atoms with Gasteiger partial charge in [0.25, 0.3) is 0 Å². The molecule has 0 bridgehead atoms. The normalized spacial score (nSPS) is 15.9. The van der Waals surface area contributed by atoms with Crippen LogP contribution in [0.4, 0.5) is 5.69 Å². The molecule has 1 aliphatic heterocycles. The summed E-state index contributed by atoms with van der Waals surface area (Å²) >= 11 is 2.96. The molecule has 1 amide bonds. The Morgan fingerprint density at radius 3 is 3.07 bits per heavy atom. The van der Waals surface area contributed by atoms with Gasteiger partial charge in [0.2, 0.25) is 5.91 Å². The molecule has 1 fully saturated rings. The van der Waals surface area contributed by atoms with Gasteiger partial charge >= 0.3 is 0 Å². The van der Waals surface area contributed by atoms with Crippen molar-refractivity contribution in [1.82, 2.24) is 14.8 Å². The number of anilines is 1. The maximum Gasteiger partial charge on any atom is 0.234 e. The molecule has 1 aliphatic rings. The zero-order valence-electron chi connectivity index (χ0n) is 15.6. The van der Waals surface area contributed by atoms with Gasteiger partial charge in [-0.2, -0.15) is 5.26 Å². The Morgan fingerprint density at radius 1 is 1.38 bits per heavy atom. The smallest absolute Gasteiger partial charge is 0.234 e. The number of amides is 1. The number of ether oxygens (including phenoxy) is 1. The van der Waals surface area contributed by atoms with Crippen molar-refractivity contribution in [2.75, 3.05) is 17.7 Å². The lowest BCUT2D eigenvalue weighted by Gasteiger charge is -2.14. The first-order valence-corrected chi connectivity index (χ1v) is 11.1. The Balaban J connectivity index is 1.46. The molecule has 0 saturated carbocycles. The number of thioether (sulfide) groups is 1. The number of nitrogens with zero attached hydrogens (tertiary/aromatic N) is 4. The topological polar surface area (TPSA) is 92.8 Å². The predicted octanol–water partition coefficient (Wildman–Crippen LogP) is 3.79. The van der Waals surface area contributed by atoms with Crippen LogP contribution in [0.5, 0.6) is 0 Å². The van der Waals surface area contributed by atoms with Gasteiger partial charge in [-0.05, 0) is 42.5 Å². The lowest BCUT2D eigenvalue weighted by molar-refractivity contribution is -0.113. The van der Waals surface area contributed by atoms with Crippen LogP contribution in [0.25, 0.3) is 10.7 Å². The molecule has 9 heteroatoms. The van der Waals surface area contributed by atoms with Crippen LogP contribution in [0, 0.1) is 11.3 Å². The van der Waals surface area contributed by atoms with E-state index in [0.29, 0.717) is 23.0 Å². The molecule has 1 saturated heterocycles. The van der Waals surface area contributed by atoms with E-state index in [9.17, 15) is 4.79 Å². The Kier molecular flexibility index (Phi) is 6.24. The summed E-state index contributed by atoms with van der Waals surface area (Å²) in [5, 5.41) is 23.2. The first-order chi connectivity index (χ1) is 14.2. The van der Waals surface area contributed by atoms with E-state index in [1.165, 1.54) is 11.8 Å². The van der Waals surface area contributed by atoms with E-state index < -0.39 is 0 Å². The van der Waals surface area contributed by atoms with E-state index >= 15 is 0 Å². The maximum absolute atomic E-state index is 12.4. The molecule has 0 unspecified atom stereocenters. The fourth-order valence-corrected chi connectivity index (χ4v) is 4.60. The number of benzene rings is 1. The van der Waals surface area contributed by atoms with E-state index in [0.717, 1.165) is 30.2 Å². The van der Waals surface area contributed by atoms with Crippen molar-refractivity contribution in [3.8, 4) is 16.8 Å². The standard InChI is InChI=1S/C20H19N5O2S2/c21-11-14-4-1-5-15(10-14)22-18(26)13-29-20-24-23-19(17-7-3-9-28-17)25(20)12-16-6-2-8-27-16/h1,3-5,7,9-10,16H,2,6,8,12-13H2,(H,22,26)/t16-/m1/s1. The first kappa shape index (κ1) is 19.6. The highest BCUT2D eigenvalue weighted by Crippen LogP contribution is 2.29. The van der Waals surface area contributed by atoms with Crippen LogP contribution in [0.1, 0.15) is 18.4 Å². The third-order valence-electron chi connectivity index (χ3n) is 4.48. The highest BCUT2D eigenvalue weighted by Gasteiger charge is 2.22. The molecule has 148 valence electrons. The van der Waals surface area contributed by atoms with Crippen molar-refractivity contribution in [1.29, 1.82) is 5.26 Å². The third kappa shape index (κ3) is 4.85. The first-order valence-electron chi connectivity index (χ1n) is 9.24. The molecule has 4 rings (SSSR count). The quantitative estimate of drug-likeness (QED) is 0.579. The molecule has 1 atom stereocenters. The molecule has 0 spiro atoms. The number of carbonyl (C=O) groups is 1. The molecule has 1 aromatic carbocycles. The Hall–Kier alpha value is -2.67. The summed E-state index contributed by atoms with van der Waals surface area (Å²) in [6, 6.07) is 12.9. The van der Waals surface area contributed by atoms with Crippen molar-refractivity contribution in [3.05, 3.63) is 47.3 Å². The summed E-state index contributed by atoms with van der Waals surface area (Å²) in [5.74, 6) is 0.847. The zero-order valence-corrected chi connectivity index (χ0v) is 17.2. The average Bonchev–Trinajstić information content (AvgIpc) is 3.49. The van der Waals surface area contributed by atoms with Gasteiger partial charge in [-0.1, -0.05) is 23.9 Å². The third-order valence-corrected chi connectivity index (χ3v) is 6.31. The molecular formula is C20H19N5O2S2. The van der Waals surface area contributed by atoms with Crippen molar-refractivity contribution in [3.63, 3.8) is 0 Å². The van der Waals surface area contributed by atoms with Gasteiger partial charge in [-0.15, -0.1) is 21.5 Å². The monoisotopic (exact) mass is 425 g/mol. The van der Waals surface area contributed by atoms with Crippen LogP contribution in [-0.2, 0) is 16.1 Å². The van der Waals surface area contributed by atoms with Crippen LogP contribution in [0.3, 0.4) is 0 Å². The number of carbonyl (C=O) groups excluding carboxylic acids is 1. The number of rotatable bonds is 7. The number of aromatic nitrogens is 3. The van der Waals surface area contributed by atoms with Crippen molar-refractivity contribution >= 4 is 34.7 Å².